The van der Waals surface area contributed by atoms with Crippen molar-refractivity contribution in [1.82, 2.24) is 14.5 Å². The Morgan fingerprint density at radius 3 is 3.15 bits per heavy atom. The van der Waals surface area contributed by atoms with Crippen molar-refractivity contribution in [3.05, 3.63) is 6.20 Å². The van der Waals surface area contributed by atoms with E-state index < -0.39 is 17.4 Å². The largest absolute Gasteiger partial charge is 0.481 e. The van der Waals surface area contributed by atoms with Gasteiger partial charge < -0.3 is 15.7 Å². The minimum Gasteiger partial charge on any atom is -0.481 e. The first-order valence-electron chi connectivity index (χ1n) is 5.85. The summed E-state index contributed by atoms with van der Waals surface area (Å²) >= 11 is 4.12. The first-order valence-corrected chi connectivity index (χ1v) is 8.65. The van der Waals surface area contributed by atoms with Gasteiger partial charge in [-0.15, -0.1) is 28.6 Å². The van der Waals surface area contributed by atoms with Gasteiger partial charge in [-0.1, -0.05) is 4.49 Å². The number of carboxylic acid groups (broad SMARTS) is 1. The van der Waals surface area contributed by atoms with Crippen LogP contribution >= 0.6 is 35.1 Å². The lowest BCUT2D eigenvalue weighted by molar-refractivity contribution is -0.155. The number of nitrogens with two attached hydrogens (primary N) is 1. The Balaban J connectivity index is 1.72. The Morgan fingerprint density at radius 1 is 1.70 bits per heavy atom. The number of carboxylic acids is 1. The highest BCUT2D eigenvalue weighted by Gasteiger charge is 2.55. The summed E-state index contributed by atoms with van der Waals surface area (Å²) in [5, 5.41) is 13.2. The maximum Gasteiger partial charge on any atom is 0.313 e. The van der Waals surface area contributed by atoms with Crippen LogP contribution in [0.1, 0.15) is 0 Å². The van der Waals surface area contributed by atoms with Crippen molar-refractivity contribution in [2.75, 3.05) is 18.1 Å². The smallest absolute Gasteiger partial charge is 0.313 e. The van der Waals surface area contributed by atoms with Crippen LogP contribution in [0.2, 0.25) is 0 Å². The summed E-state index contributed by atoms with van der Waals surface area (Å²) in [5.41, 5.74) is 4.77. The van der Waals surface area contributed by atoms with Gasteiger partial charge in [0.25, 0.3) is 0 Å². The molecule has 2 fully saturated rings. The second kappa shape index (κ2) is 5.17. The molecule has 0 aliphatic carbocycles. The third kappa shape index (κ3) is 2.20. The average molecular weight is 332 g/mol. The molecule has 3 atom stereocenters. The Labute approximate surface area is 127 Å². The summed E-state index contributed by atoms with van der Waals surface area (Å²) in [6.07, 6.45) is 1.62. The SMILES string of the molecule is NC1C(=O)N2CC(CSc3cnns3)(C(=O)O)CS[C@H]12. The Kier molecular flexibility index (Phi) is 3.65. The number of aromatic nitrogens is 2. The van der Waals surface area contributed by atoms with Crippen molar-refractivity contribution in [2.24, 2.45) is 11.1 Å². The molecule has 2 aliphatic heterocycles. The lowest BCUT2D eigenvalue weighted by Crippen LogP contribution is -2.72. The second-order valence-corrected chi connectivity index (χ2v) is 7.97. The van der Waals surface area contributed by atoms with E-state index in [-0.39, 0.29) is 17.8 Å². The van der Waals surface area contributed by atoms with E-state index in [0.29, 0.717) is 11.5 Å². The van der Waals surface area contributed by atoms with Gasteiger partial charge in [-0.2, -0.15) is 0 Å². The zero-order valence-electron chi connectivity index (χ0n) is 10.3. The van der Waals surface area contributed by atoms with Gasteiger partial charge in [0.05, 0.1) is 6.20 Å². The molecule has 3 rings (SSSR count). The van der Waals surface area contributed by atoms with E-state index in [4.69, 9.17) is 5.73 Å². The number of thioether (sulfide) groups is 2. The van der Waals surface area contributed by atoms with Crippen LogP contribution in [0, 0.1) is 5.41 Å². The van der Waals surface area contributed by atoms with E-state index in [1.807, 2.05) is 0 Å². The van der Waals surface area contributed by atoms with Crippen LogP contribution in [0.4, 0.5) is 0 Å². The Morgan fingerprint density at radius 2 is 2.50 bits per heavy atom. The molecule has 1 aromatic heterocycles. The average Bonchev–Trinajstić information content (AvgIpc) is 2.97. The van der Waals surface area contributed by atoms with E-state index in [1.165, 1.54) is 35.1 Å². The molecule has 2 unspecified atom stereocenters. The van der Waals surface area contributed by atoms with Gasteiger partial charge in [-0.05, 0) is 11.5 Å². The number of fused-ring (bicyclic) bond motifs is 1. The van der Waals surface area contributed by atoms with Crippen LogP contribution in [0.5, 0.6) is 0 Å². The van der Waals surface area contributed by atoms with Crippen molar-refractivity contribution in [1.29, 1.82) is 0 Å². The third-order valence-corrected chi connectivity index (χ3v) is 7.21. The summed E-state index contributed by atoms with van der Waals surface area (Å²) in [6.45, 7) is 0.228. The molecular formula is C10H12N4O3S3. The van der Waals surface area contributed by atoms with E-state index in [0.717, 1.165) is 4.21 Å². The summed E-state index contributed by atoms with van der Waals surface area (Å²) in [4.78, 5) is 25.0. The van der Waals surface area contributed by atoms with Crippen LogP contribution in [0.3, 0.4) is 0 Å². The van der Waals surface area contributed by atoms with Gasteiger partial charge in [0.15, 0.2) is 0 Å². The molecule has 1 amide bonds. The highest BCUT2D eigenvalue weighted by molar-refractivity contribution is 8.01. The van der Waals surface area contributed by atoms with Gasteiger partial charge in [-0.3, -0.25) is 9.59 Å². The van der Waals surface area contributed by atoms with E-state index in [2.05, 4.69) is 9.59 Å². The van der Waals surface area contributed by atoms with E-state index >= 15 is 0 Å². The van der Waals surface area contributed by atoms with Crippen molar-refractivity contribution in [2.45, 2.75) is 15.6 Å². The molecule has 108 valence electrons. The Bertz CT molecular complexity index is 540. The van der Waals surface area contributed by atoms with Crippen LogP contribution in [-0.2, 0) is 9.59 Å². The lowest BCUT2D eigenvalue weighted by atomic mass is 9.89. The molecule has 2 saturated heterocycles. The van der Waals surface area contributed by atoms with Gasteiger partial charge in [-0.25, -0.2) is 0 Å². The quantitative estimate of drug-likeness (QED) is 0.583. The number of aliphatic carboxylic acids is 1. The van der Waals surface area contributed by atoms with Gasteiger partial charge >= 0.3 is 5.97 Å². The number of β-lactam (4-membered cyclic amide) rings is 1. The predicted molar refractivity (Wildman–Crippen MR) is 76.6 cm³/mol. The molecule has 0 bridgehead atoms. The summed E-state index contributed by atoms with van der Waals surface area (Å²) in [6, 6.07) is -0.481. The van der Waals surface area contributed by atoms with Crippen LogP contribution in [0.25, 0.3) is 0 Å². The monoisotopic (exact) mass is 332 g/mol. The fourth-order valence-electron chi connectivity index (χ4n) is 2.24. The predicted octanol–water partition coefficient (Wildman–Crippen LogP) is -0.0564. The number of hydrogen-bond donors (Lipinski definition) is 2. The van der Waals surface area contributed by atoms with Gasteiger partial charge in [0, 0.05) is 18.1 Å². The fourth-order valence-corrected chi connectivity index (χ4v) is 5.47. The molecule has 0 saturated carbocycles. The zero-order chi connectivity index (χ0) is 14.3. The maximum atomic E-state index is 11.7. The van der Waals surface area contributed by atoms with E-state index in [9.17, 15) is 14.7 Å². The molecule has 20 heavy (non-hydrogen) atoms. The standard InChI is InChI=1S/C10H12N4O3S3/c11-6-7(15)14-2-10(9(16)17,4-19-8(6)14)3-18-5-1-12-13-20-5/h1,6,8H,2-4,11H2,(H,16,17)/t6?,8-,10?/m1/s1. The lowest BCUT2D eigenvalue weighted by Gasteiger charge is -2.52. The molecule has 7 nitrogen and oxygen atoms in total. The van der Waals surface area contributed by atoms with Crippen LogP contribution in [0.15, 0.2) is 10.4 Å². The molecule has 2 aliphatic rings. The summed E-state index contributed by atoms with van der Waals surface area (Å²) in [7, 11) is 0. The second-order valence-electron chi connectivity index (χ2n) is 4.80. The van der Waals surface area contributed by atoms with Crippen molar-refractivity contribution < 1.29 is 14.7 Å². The summed E-state index contributed by atoms with van der Waals surface area (Å²) in [5.74, 6) is -0.173. The van der Waals surface area contributed by atoms with Crippen LogP contribution in [-0.4, -0.2) is 60.9 Å². The topological polar surface area (TPSA) is 109 Å². The normalized spacial score (nSPS) is 32.6. The number of rotatable bonds is 4. The third-order valence-electron chi connectivity index (χ3n) is 3.47. The van der Waals surface area contributed by atoms with Crippen LogP contribution < -0.4 is 5.73 Å². The van der Waals surface area contributed by atoms with Gasteiger partial charge in [0.1, 0.15) is 21.0 Å². The number of hydrogen-bond acceptors (Lipinski definition) is 8. The number of nitrogens with zero attached hydrogens (tertiary/aromatic N) is 3. The molecule has 0 spiro atoms. The minimum absolute atomic E-state index is 0.0648. The van der Waals surface area contributed by atoms with Crippen molar-refractivity contribution in [3.63, 3.8) is 0 Å². The molecule has 10 heteroatoms. The molecule has 0 aromatic carbocycles. The van der Waals surface area contributed by atoms with Gasteiger partial charge in [0.2, 0.25) is 5.91 Å². The molecule has 3 N–H and O–H groups in total. The molecule has 1 aromatic rings. The first kappa shape index (κ1) is 14.1. The molecule has 3 heterocycles. The highest BCUT2D eigenvalue weighted by Crippen LogP contribution is 2.44. The molecule has 0 radical (unpaired) electrons. The zero-order valence-corrected chi connectivity index (χ0v) is 12.7. The number of carbonyl (C=O) groups is 2. The first-order chi connectivity index (χ1) is 9.53. The fraction of sp³-hybridized carbons (Fsp3) is 0.600. The van der Waals surface area contributed by atoms with E-state index in [1.54, 1.807) is 11.1 Å². The van der Waals surface area contributed by atoms with Crippen molar-refractivity contribution >= 4 is 46.9 Å². The molecular weight excluding hydrogens is 320 g/mol. The highest BCUT2D eigenvalue weighted by atomic mass is 32.2. The number of carbonyl (C=O) groups excluding carboxylic acids is 1. The number of amides is 1. The minimum atomic E-state index is -0.939. The van der Waals surface area contributed by atoms with Crippen molar-refractivity contribution in [3.8, 4) is 0 Å². The Hall–Kier alpha value is -0.840. The maximum absolute atomic E-state index is 11.7. The summed E-state index contributed by atoms with van der Waals surface area (Å²) < 4.78 is 4.63.